The Labute approximate surface area is 119 Å². The second-order valence-corrected chi connectivity index (χ2v) is 4.50. The summed E-state index contributed by atoms with van der Waals surface area (Å²) in [6.07, 6.45) is 7.08. The Kier molecular flexibility index (Phi) is 8.61. The third kappa shape index (κ3) is 7.88. The molecule has 0 radical (unpaired) electrons. The molecular weight excluding hydrogens is 260 g/mol. The number of rotatable bonds is 11. The minimum absolute atomic E-state index is 0.0621. The highest BCUT2D eigenvalue weighted by Gasteiger charge is 2.04. The lowest BCUT2D eigenvalue weighted by Crippen LogP contribution is -2.29. The number of nitrogens with two attached hydrogens (primary N) is 1. The normalized spacial score (nSPS) is 12.3. The van der Waals surface area contributed by atoms with Gasteiger partial charge < -0.3 is 25.1 Å². The van der Waals surface area contributed by atoms with Crippen molar-refractivity contribution in [3.8, 4) is 0 Å². The van der Waals surface area contributed by atoms with E-state index in [4.69, 9.17) is 15.2 Å². The fourth-order valence-electron chi connectivity index (χ4n) is 1.56. The molecule has 1 atom stereocenters. The summed E-state index contributed by atoms with van der Waals surface area (Å²) in [4.78, 5) is 14.9. The van der Waals surface area contributed by atoms with E-state index in [0.29, 0.717) is 26.2 Å². The smallest absolute Gasteiger partial charge is 0.245 e. The highest BCUT2D eigenvalue weighted by molar-refractivity contribution is 5.76. The van der Waals surface area contributed by atoms with Crippen molar-refractivity contribution in [1.29, 1.82) is 0 Å². The standard InChI is InChI=1S/C13H24N4O3/c1-15-13(18)10-20-8-3-12(14)9-19-7-2-5-17-6-4-16-11-17/h4,6,11-12H,2-3,5,7-10,14H2,1H3,(H,15,18). The number of nitrogens with one attached hydrogen (secondary N) is 1. The molecule has 114 valence electrons. The van der Waals surface area contributed by atoms with E-state index in [1.807, 2.05) is 10.8 Å². The van der Waals surface area contributed by atoms with Crippen LogP contribution in [0.1, 0.15) is 12.8 Å². The van der Waals surface area contributed by atoms with E-state index >= 15 is 0 Å². The van der Waals surface area contributed by atoms with E-state index in [2.05, 4.69) is 10.3 Å². The van der Waals surface area contributed by atoms with Gasteiger partial charge in [0.25, 0.3) is 0 Å². The maximum atomic E-state index is 10.9. The van der Waals surface area contributed by atoms with Gasteiger partial charge >= 0.3 is 0 Å². The average molecular weight is 284 g/mol. The van der Waals surface area contributed by atoms with Crippen molar-refractivity contribution < 1.29 is 14.3 Å². The van der Waals surface area contributed by atoms with Gasteiger partial charge in [-0.25, -0.2) is 4.98 Å². The van der Waals surface area contributed by atoms with Gasteiger partial charge in [-0.15, -0.1) is 0 Å². The summed E-state index contributed by atoms with van der Waals surface area (Å²) in [5, 5.41) is 2.49. The van der Waals surface area contributed by atoms with Gasteiger partial charge in [0, 0.05) is 45.2 Å². The van der Waals surface area contributed by atoms with Crippen LogP contribution in [0.3, 0.4) is 0 Å². The predicted molar refractivity (Wildman–Crippen MR) is 75.1 cm³/mol. The van der Waals surface area contributed by atoms with Crippen LogP contribution in [0.25, 0.3) is 0 Å². The summed E-state index contributed by atoms with van der Waals surface area (Å²) in [7, 11) is 1.58. The van der Waals surface area contributed by atoms with Gasteiger partial charge in [-0.05, 0) is 12.8 Å². The van der Waals surface area contributed by atoms with Gasteiger partial charge in [-0.2, -0.15) is 0 Å². The van der Waals surface area contributed by atoms with E-state index in [1.165, 1.54) is 0 Å². The zero-order valence-electron chi connectivity index (χ0n) is 12.0. The number of hydrogen-bond acceptors (Lipinski definition) is 5. The Hall–Kier alpha value is -1.44. The highest BCUT2D eigenvalue weighted by Crippen LogP contribution is 1.95. The zero-order valence-corrected chi connectivity index (χ0v) is 12.0. The van der Waals surface area contributed by atoms with Crippen molar-refractivity contribution >= 4 is 5.91 Å². The molecule has 0 aromatic carbocycles. The van der Waals surface area contributed by atoms with Crippen molar-refractivity contribution in [3.05, 3.63) is 18.7 Å². The Bertz CT molecular complexity index is 357. The minimum Gasteiger partial charge on any atom is -0.380 e. The molecule has 20 heavy (non-hydrogen) atoms. The lowest BCUT2D eigenvalue weighted by atomic mass is 10.2. The van der Waals surface area contributed by atoms with Crippen molar-refractivity contribution in [2.24, 2.45) is 5.73 Å². The molecule has 1 amide bonds. The Morgan fingerprint density at radius 3 is 3.00 bits per heavy atom. The summed E-state index contributed by atoms with van der Waals surface area (Å²) < 4.78 is 12.7. The number of likely N-dealkylation sites (N-methyl/N-ethyl adjacent to an activating group) is 1. The first-order valence-electron chi connectivity index (χ1n) is 6.79. The molecule has 0 saturated heterocycles. The number of hydrogen-bond donors (Lipinski definition) is 2. The molecule has 1 heterocycles. The first-order chi connectivity index (χ1) is 9.72. The number of nitrogens with zero attached hydrogens (tertiary/aromatic N) is 2. The van der Waals surface area contributed by atoms with Gasteiger partial charge in [0.1, 0.15) is 6.61 Å². The van der Waals surface area contributed by atoms with Crippen LogP contribution in [-0.4, -0.2) is 55.0 Å². The third-order valence-corrected chi connectivity index (χ3v) is 2.74. The lowest BCUT2D eigenvalue weighted by molar-refractivity contribution is -0.125. The number of imidazole rings is 1. The van der Waals surface area contributed by atoms with E-state index in [0.717, 1.165) is 13.0 Å². The SMILES string of the molecule is CNC(=O)COCCC(N)COCCCn1ccnc1. The van der Waals surface area contributed by atoms with E-state index < -0.39 is 0 Å². The molecule has 0 bridgehead atoms. The summed E-state index contributed by atoms with van der Waals surface area (Å²) >= 11 is 0. The van der Waals surface area contributed by atoms with Crippen LogP contribution in [-0.2, 0) is 20.8 Å². The average Bonchev–Trinajstić information content (AvgIpc) is 2.96. The maximum Gasteiger partial charge on any atom is 0.245 e. The number of ether oxygens (including phenoxy) is 2. The maximum absolute atomic E-state index is 10.9. The van der Waals surface area contributed by atoms with Crippen LogP contribution in [0, 0.1) is 0 Å². The number of aryl methyl sites for hydroxylation is 1. The second kappa shape index (κ2) is 10.4. The van der Waals surface area contributed by atoms with Crippen molar-refractivity contribution in [3.63, 3.8) is 0 Å². The van der Waals surface area contributed by atoms with Crippen LogP contribution >= 0.6 is 0 Å². The largest absolute Gasteiger partial charge is 0.380 e. The molecule has 0 fully saturated rings. The first kappa shape index (κ1) is 16.6. The van der Waals surface area contributed by atoms with Crippen LogP contribution in [0.4, 0.5) is 0 Å². The molecule has 0 aliphatic carbocycles. The van der Waals surface area contributed by atoms with Gasteiger partial charge in [0.2, 0.25) is 5.91 Å². The quantitative estimate of drug-likeness (QED) is 0.548. The fraction of sp³-hybridized carbons (Fsp3) is 0.692. The Morgan fingerprint density at radius 2 is 2.30 bits per heavy atom. The minimum atomic E-state index is -0.130. The van der Waals surface area contributed by atoms with Crippen LogP contribution in [0.15, 0.2) is 18.7 Å². The summed E-state index contributed by atoms with van der Waals surface area (Å²) in [5.41, 5.74) is 5.88. The molecule has 0 aliphatic rings. The molecule has 0 spiro atoms. The summed E-state index contributed by atoms with van der Waals surface area (Å²) in [5.74, 6) is -0.130. The first-order valence-corrected chi connectivity index (χ1v) is 6.79. The van der Waals surface area contributed by atoms with Crippen molar-refractivity contribution in [2.45, 2.75) is 25.4 Å². The topological polar surface area (TPSA) is 91.4 Å². The molecule has 1 rings (SSSR count). The van der Waals surface area contributed by atoms with Crippen LogP contribution in [0.5, 0.6) is 0 Å². The molecular formula is C13H24N4O3. The lowest BCUT2D eigenvalue weighted by Gasteiger charge is -2.12. The molecule has 1 unspecified atom stereocenters. The van der Waals surface area contributed by atoms with Crippen LogP contribution in [0.2, 0.25) is 0 Å². The molecule has 7 heteroatoms. The monoisotopic (exact) mass is 284 g/mol. The molecule has 1 aromatic rings. The molecule has 0 saturated carbocycles. The Morgan fingerprint density at radius 1 is 1.45 bits per heavy atom. The third-order valence-electron chi connectivity index (χ3n) is 2.74. The molecule has 1 aromatic heterocycles. The van der Waals surface area contributed by atoms with Crippen molar-refractivity contribution in [1.82, 2.24) is 14.9 Å². The number of aromatic nitrogens is 2. The zero-order chi connectivity index (χ0) is 14.6. The highest BCUT2D eigenvalue weighted by atomic mass is 16.5. The van der Waals surface area contributed by atoms with E-state index in [9.17, 15) is 4.79 Å². The predicted octanol–water partition coefficient (Wildman–Crippen LogP) is -0.230. The Balaban J connectivity index is 1.89. The fourth-order valence-corrected chi connectivity index (χ4v) is 1.56. The number of amides is 1. The van der Waals surface area contributed by atoms with Crippen LogP contribution < -0.4 is 11.1 Å². The van der Waals surface area contributed by atoms with Gasteiger partial charge in [-0.3, -0.25) is 4.79 Å². The van der Waals surface area contributed by atoms with Gasteiger partial charge in [0.15, 0.2) is 0 Å². The van der Waals surface area contributed by atoms with E-state index in [-0.39, 0.29) is 18.6 Å². The second-order valence-electron chi connectivity index (χ2n) is 4.50. The summed E-state index contributed by atoms with van der Waals surface area (Å²) in [6, 6.07) is -0.0621. The molecule has 7 nitrogen and oxygen atoms in total. The molecule has 0 aliphatic heterocycles. The summed E-state index contributed by atoms with van der Waals surface area (Å²) in [6.45, 7) is 2.62. The van der Waals surface area contributed by atoms with E-state index in [1.54, 1.807) is 19.6 Å². The number of carbonyl (C=O) groups is 1. The van der Waals surface area contributed by atoms with Gasteiger partial charge in [-0.1, -0.05) is 0 Å². The number of carbonyl (C=O) groups excluding carboxylic acids is 1. The molecule has 3 N–H and O–H groups in total. The van der Waals surface area contributed by atoms with Gasteiger partial charge in [0.05, 0.1) is 12.9 Å². The van der Waals surface area contributed by atoms with Crippen molar-refractivity contribution in [2.75, 3.05) is 33.5 Å².